The normalized spacial score (nSPS) is 12.1. The molecule has 0 spiro atoms. The molecule has 1 aromatic carbocycles. The van der Waals surface area contributed by atoms with E-state index in [1.807, 2.05) is 5.48 Å². The largest absolute Gasteiger partial charge is 0.435 e. The molecule has 26 heavy (non-hydrogen) atoms. The van der Waals surface area contributed by atoms with Gasteiger partial charge in [0, 0.05) is 0 Å². The fourth-order valence-electron chi connectivity index (χ4n) is 2.05. The van der Waals surface area contributed by atoms with Crippen molar-refractivity contribution in [3.05, 3.63) is 47.3 Å². The van der Waals surface area contributed by atoms with Crippen LogP contribution < -0.4 is 10.8 Å². The number of carbonyl (C=O) groups is 1. The van der Waals surface area contributed by atoms with E-state index < -0.39 is 23.7 Å². The molecule has 2 aromatic rings. The molecule has 0 saturated carbocycles. The number of urea groups is 1. The van der Waals surface area contributed by atoms with Crippen LogP contribution >= 0.6 is 0 Å². The highest BCUT2D eigenvalue weighted by molar-refractivity contribution is 5.72. The van der Waals surface area contributed by atoms with Gasteiger partial charge >= 0.3 is 12.2 Å². The number of aromatic nitrogens is 2. The Morgan fingerprint density at radius 3 is 2.58 bits per heavy atom. The average molecular weight is 372 g/mol. The van der Waals surface area contributed by atoms with E-state index in [-0.39, 0.29) is 12.2 Å². The van der Waals surface area contributed by atoms with Crippen molar-refractivity contribution in [1.29, 1.82) is 0 Å². The fourth-order valence-corrected chi connectivity index (χ4v) is 2.05. The molecule has 0 bridgehead atoms. The Kier molecular flexibility index (Phi) is 5.57. The highest BCUT2D eigenvalue weighted by Crippen LogP contribution is 2.29. The Morgan fingerprint density at radius 2 is 2.00 bits per heavy atom. The molecule has 0 fully saturated rings. The Hall–Kier alpha value is -2.59. The SMILES string of the molecule is Cc1cccc(-n2nc(C(F)(F)F)cc2CNC(=O)NOC(C)(C)O)c1. The number of alkyl halides is 3. The Balaban J connectivity index is 2.21. The number of hydrogen-bond donors (Lipinski definition) is 3. The second-order valence-electron chi connectivity index (χ2n) is 6.10. The van der Waals surface area contributed by atoms with Crippen LogP contribution in [0.1, 0.15) is 30.8 Å². The van der Waals surface area contributed by atoms with Crippen LogP contribution in [0.3, 0.4) is 0 Å². The van der Waals surface area contributed by atoms with Gasteiger partial charge in [-0.1, -0.05) is 12.1 Å². The van der Waals surface area contributed by atoms with E-state index in [4.69, 9.17) is 0 Å². The molecular formula is C16H19F3N4O3. The number of amides is 2. The van der Waals surface area contributed by atoms with Crippen LogP contribution in [0.15, 0.2) is 30.3 Å². The zero-order chi connectivity index (χ0) is 19.5. The predicted molar refractivity (Wildman–Crippen MR) is 86.1 cm³/mol. The van der Waals surface area contributed by atoms with Crippen LogP contribution in [0.4, 0.5) is 18.0 Å². The van der Waals surface area contributed by atoms with Crippen molar-refractivity contribution in [3.8, 4) is 5.69 Å². The molecule has 0 aliphatic heterocycles. The lowest BCUT2D eigenvalue weighted by atomic mass is 10.2. The summed E-state index contributed by atoms with van der Waals surface area (Å²) in [5.41, 5.74) is 2.29. The van der Waals surface area contributed by atoms with Crippen molar-refractivity contribution in [2.24, 2.45) is 0 Å². The maximum atomic E-state index is 13.0. The third-order valence-electron chi connectivity index (χ3n) is 3.14. The average Bonchev–Trinajstić information content (AvgIpc) is 2.94. The summed E-state index contributed by atoms with van der Waals surface area (Å²) in [5, 5.41) is 15.3. The van der Waals surface area contributed by atoms with Crippen molar-refractivity contribution in [1.82, 2.24) is 20.6 Å². The molecule has 0 atom stereocenters. The summed E-state index contributed by atoms with van der Waals surface area (Å²) in [7, 11) is 0. The number of aliphatic hydroxyl groups is 1. The number of nitrogens with one attached hydrogen (secondary N) is 2. The zero-order valence-corrected chi connectivity index (χ0v) is 14.4. The van der Waals surface area contributed by atoms with E-state index in [0.717, 1.165) is 16.3 Å². The lowest BCUT2D eigenvalue weighted by molar-refractivity contribution is -0.203. The van der Waals surface area contributed by atoms with Gasteiger partial charge in [-0.15, -0.1) is 0 Å². The molecule has 0 unspecified atom stereocenters. The van der Waals surface area contributed by atoms with Gasteiger partial charge in [-0.25, -0.2) is 19.8 Å². The fraction of sp³-hybridized carbons (Fsp3) is 0.375. The standard InChI is InChI=1S/C16H19F3N4O3/c1-10-5-4-6-11(7-10)23-12(8-13(21-23)16(17,18)19)9-20-14(24)22-26-15(2,3)25/h4-8,25H,9H2,1-3H3,(H2,20,22,24). The Bertz CT molecular complexity index is 782. The first kappa shape index (κ1) is 19.7. The predicted octanol–water partition coefficient (Wildman–Crippen LogP) is 2.66. The van der Waals surface area contributed by atoms with E-state index in [2.05, 4.69) is 15.3 Å². The van der Waals surface area contributed by atoms with Crippen molar-refractivity contribution >= 4 is 6.03 Å². The van der Waals surface area contributed by atoms with E-state index in [1.54, 1.807) is 31.2 Å². The highest BCUT2D eigenvalue weighted by atomic mass is 19.4. The Morgan fingerprint density at radius 1 is 1.31 bits per heavy atom. The van der Waals surface area contributed by atoms with Gasteiger partial charge < -0.3 is 10.4 Å². The van der Waals surface area contributed by atoms with Gasteiger partial charge in [0.15, 0.2) is 11.5 Å². The first-order valence-corrected chi connectivity index (χ1v) is 7.63. The van der Waals surface area contributed by atoms with Gasteiger partial charge in [0.2, 0.25) is 0 Å². The van der Waals surface area contributed by atoms with E-state index in [0.29, 0.717) is 5.69 Å². The number of nitrogens with zero attached hydrogens (tertiary/aromatic N) is 2. The first-order chi connectivity index (χ1) is 12.0. The smallest absolute Gasteiger partial charge is 0.364 e. The van der Waals surface area contributed by atoms with Gasteiger partial charge in [-0.2, -0.15) is 18.3 Å². The van der Waals surface area contributed by atoms with Crippen LogP contribution in [-0.4, -0.2) is 26.7 Å². The summed E-state index contributed by atoms with van der Waals surface area (Å²) in [6.07, 6.45) is -4.61. The maximum Gasteiger partial charge on any atom is 0.435 e. The molecule has 0 aliphatic carbocycles. The monoisotopic (exact) mass is 372 g/mol. The molecule has 142 valence electrons. The van der Waals surface area contributed by atoms with Gasteiger partial charge in [-0.05, 0) is 44.5 Å². The molecule has 0 aliphatic rings. The van der Waals surface area contributed by atoms with Crippen molar-refractivity contribution in [3.63, 3.8) is 0 Å². The number of rotatable bonds is 5. The summed E-state index contributed by atoms with van der Waals surface area (Å²) in [4.78, 5) is 16.3. The van der Waals surface area contributed by atoms with Gasteiger partial charge in [0.1, 0.15) is 0 Å². The van der Waals surface area contributed by atoms with E-state index in [9.17, 15) is 23.1 Å². The minimum absolute atomic E-state index is 0.126. The van der Waals surface area contributed by atoms with Crippen molar-refractivity contribution in [2.75, 3.05) is 0 Å². The third-order valence-corrected chi connectivity index (χ3v) is 3.14. The molecular weight excluding hydrogens is 353 g/mol. The molecule has 1 heterocycles. The molecule has 2 rings (SSSR count). The molecule has 1 aromatic heterocycles. The Labute approximate surface area is 147 Å². The van der Waals surface area contributed by atoms with Crippen LogP contribution in [-0.2, 0) is 17.6 Å². The number of hydroxylamine groups is 1. The minimum atomic E-state index is -4.61. The minimum Gasteiger partial charge on any atom is -0.364 e. The number of aryl methyl sites for hydroxylation is 1. The second kappa shape index (κ2) is 7.34. The van der Waals surface area contributed by atoms with Crippen LogP contribution in [0.25, 0.3) is 5.69 Å². The molecule has 7 nitrogen and oxygen atoms in total. The molecule has 2 amide bonds. The maximum absolute atomic E-state index is 13.0. The summed E-state index contributed by atoms with van der Waals surface area (Å²) >= 11 is 0. The summed E-state index contributed by atoms with van der Waals surface area (Å²) in [6, 6.07) is 6.82. The number of halogens is 3. The van der Waals surface area contributed by atoms with Crippen LogP contribution in [0.2, 0.25) is 0 Å². The second-order valence-corrected chi connectivity index (χ2v) is 6.10. The molecule has 10 heteroatoms. The molecule has 3 N–H and O–H groups in total. The van der Waals surface area contributed by atoms with Gasteiger partial charge in [0.05, 0.1) is 17.9 Å². The van der Waals surface area contributed by atoms with Gasteiger partial charge in [-0.3, -0.25) is 0 Å². The van der Waals surface area contributed by atoms with Gasteiger partial charge in [0.25, 0.3) is 0 Å². The van der Waals surface area contributed by atoms with E-state index in [1.165, 1.54) is 13.8 Å². The van der Waals surface area contributed by atoms with Crippen molar-refractivity contribution < 1.29 is 27.9 Å². The highest BCUT2D eigenvalue weighted by Gasteiger charge is 2.35. The number of hydrogen-bond acceptors (Lipinski definition) is 4. The zero-order valence-electron chi connectivity index (χ0n) is 14.4. The quantitative estimate of drug-likeness (QED) is 0.556. The molecule has 0 saturated heterocycles. The summed E-state index contributed by atoms with van der Waals surface area (Å²) in [6.45, 7) is 4.17. The van der Waals surface area contributed by atoms with Crippen LogP contribution in [0, 0.1) is 6.92 Å². The number of carbonyl (C=O) groups excluding carboxylic acids is 1. The molecule has 0 radical (unpaired) electrons. The lowest BCUT2D eigenvalue weighted by Crippen LogP contribution is -2.41. The summed E-state index contributed by atoms with van der Waals surface area (Å²) in [5.74, 6) is -1.59. The first-order valence-electron chi connectivity index (χ1n) is 7.63. The van der Waals surface area contributed by atoms with E-state index >= 15 is 0 Å². The van der Waals surface area contributed by atoms with Crippen LogP contribution in [0.5, 0.6) is 0 Å². The third kappa shape index (κ3) is 5.46. The topological polar surface area (TPSA) is 88.4 Å². The summed E-state index contributed by atoms with van der Waals surface area (Å²) < 4.78 is 40.1. The number of benzene rings is 1. The van der Waals surface area contributed by atoms with Crippen molar-refractivity contribution in [2.45, 2.75) is 39.3 Å². The lowest BCUT2D eigenvalue weighted by Gasteiger charge is -2.17.